The topological polar surface area (TPSA) is 46.9 Å². The van der Waals surface area contributed by atoms with Gasteiger partial charge in [0.05, 0.1) is 10.5 Å². The Balaban J connectivity index is 2.20. The normalized spacial score (nSPS) is 12.1. The second-order valence-electron chi connectivity index (χ2n) is 3.61. The molecule has 0 aliphatic carbocycles. The van der Waals surface area contributed by atoms with Gasteiger partial charge in [-0.3, -0.25) is 4.79 Å². The van der Waals surface area contributed by atoms with E-state index in [0.717, 1.165) is 11.4 Å². The van der Waals surface area contributed by atoms with Gasteiger partial charge in [0.1, 0.15) is 0 Å². The lowest BCUT2D eigenvalue weighted by atomic mass is 10.2. The number of alkyl halides is 1. The SMILES string of the molecule is CC(Br)C(=O)Nc1cccc(-n2cccn2)c1. The van der Waals surface area contributed by atoms with Crippen LogP contribution in [0, 0.1) is 0 Å². The highest BCUT2D eigenvalue weighted by Gasteiger charge is 2.08. The summed E-state index contributed by atoms with van der Waals surface area (Å²) >= 11 is 3.22. The van der Waals surface area contributed by atoms with Crippen LogP contribution in [0.5, 0.6) is 0 Å². The molecule has 1 atom stereocenters. The lowest BCUT2D eigenvalue weighted by molar-refractivity contribution is -0.115. The van der Waals surface area contributed by atoms with Gasteiger partial charge >= 0.3 is 0 Å². The fourth-order valence-corrected chi connectivity index (χ4v) is 1.50. The number of amides is 1. The predicted octanol–water partition coefficient (Wildman–Crippen LogP) is 2.59. The number of nitrogens with one attached hydrogen (secondary N) is 1. The third kappa shape index (κ3) is 2.94. The minimum Gasteiger partial charge on any atom is -0.325 e. The van der Waals surface area contributed by atoms with Crippen LogP contribution >= 0.6 is 15.9 Å². The number of hydrogen-bond acceptors (Lipinski definition) is 2. The lowest BCUT2D eigenvalue weighted by Gasteiger charge is -2.08. The molecular weight excluding hydrogens is 282 g/mol. The molecule has 2 rings (SSSR count). The standard InChI is InChI=1S/C12H12BrN3O/c1-9(13)12(17)15-10-4-2-5-11(8-10)16-7-3-6-14-16/h2-9H,1H3,(H,15,17). The minimum absolute atomic E-state index is 0.0670. The smallest absolute Gasteiger partial charge is 0.237 e. The van der Waals surface area contributed by atoms with Crippen molar-refractivity contribution in [2.45, 2.75) is 11.8 Å². The Kier molecular flexibility index (Phi) is 3.58. The number of carbonyl (C=O) groups is 1. The molecule has 0 fully saturated rings. The monoisotopic (exact) mass is 293 g/mol. The minimum atomic E-state index is -0.212. The quantitative estimate of drug-likeness (QED) is 0.884. The summed E-state index contributed by atoms with van der Waals surface area (Å²) in [5, 5.41) is 6.95. The molecule has 1 aromatic carbocycles. The van der Waals surface area contributed by atoms with Gasteiger partial charge in [-0.2, -0.15) is 5.10 Å². The molecule has 1 aromatic heterocycles. The molecule has 0 saturated heterocycles. The molecule has 1 N–H and O–H groups in total. The maximum absolute atomic E-state index is 11.5. The van der Waals surface area contributed by atoms with E-state index >= 15 is 0 Å². The first kappa shape index (κ1) is 11.9. The summed E-state index contributed by atoms with van der Waals surface area (Å²) < 4.78 is 1.74. The van der Waals surface area contributed by atoms with Crippen LogP contribution in [-0.2, 0) is 4.79 Å². The first-order chi connectivity index (χ1) is 8.16. The summed E-state index contributed by atoms with van der Waals surface area (Å²) in [7, 11) is 0. The average molecular weight is 294 g/mol. The fraction of sp³-hybridized carbons (Fsp3) is 0.167. The zero-order chi connectivity index (χ0) is 12.3. The van der Waals surface area contributed by atoms with Crippen molar-refractivity contribution in [2.75, 3.05) is 5.32 Å². The van der Waals surface area contributed by atoms with Gasteiger partial charge in [-0.05, 0) is 31.2 Å². The second-order valence-corrected chi connectivity index (χ2v) is 4.98. The Bertz CT molecular complexity index is 508. The zero-order valence-corrected chi connectivity index (χ0v) is 10.9. The van der Waals surface area contributed by atoms with E-state index in [0.29, 0.717) is 0 Å². The summed E-state index contributed by atoms with van der Waals surface area (Å²) in [5.74, 6) is -0.0670. The third-order valence-corrected chi connectivity index (χ3v) is 2.66. The van der Waals surface area contributed by atoms with Gasteiger partial charge in [-0.1, -0.05) is 22.0 Å². The number of aromatic nitrogens is 2. The lowest BCUT2D eigenvalue weighted by Crippen LogP contribution is -2.19. The maximum Gasteiger partial charge on any atom is 0.237 e. The number of hydrogen-bond donors (Lipinski definition) is 1. The molecule has 0 radical (unpaired) electrons. The number of halogens is 1. The molecule has 1 amide bonds. The number of benzene rings is 1. The maximum atomic E-state index is 11.5. The van der Waals surface area contributed by atoms with Crippen molar-refractivity contribution in [3.05, 3.63) is 42.7 Å². The van der Waals surface area contributed by atoms with Crippen molar-refractivity contribution in [1.29, 1.82) is 0 Å². The van der Waals surface area contributed by atoms with E-state index in [1.165, 1.54) is 0 Å². The van der Waals surface area contributed by atoms with Crippen molar-refractivity contribution in [3.63, 3.8) is 0 Å². The molecule has 0 spiro atoms. The van der Waals surface area contributed by atoms with Crippen LogP contribution in [0.15, 0.2) is 42.7 Å². The van der Waals surface area contributed by atoms with Crippen molar-refractivity contribution in [1.82, 2.24) is 9.78 Å². The second kappa shape index (κ2) is 5.14. The van der Waals surface area contributed by atoms with Gasteiger partial charge in [-0.15, -0.1) is 0 Å². The van der Waals surface area contributed by atoms with Crippen molar-refractivity contribution < 1.29 is 4.79 Å². The Labute approximate surface area is 108 Å². The van der Waals surface area contributed by atoms with Gasteiger partial charge in [-0.25, -0.2) is 4.68 Å². The molecule has 5 heteroatoms. The third-order valence-electron chi connectivity index (χ3n) is 2.24. The van der Waals surface area contributed by atoms with Crippen LogP contribution in [0.25, 0.3) is 5.69 Å². The van der Waals surface area contributed by atoms with Crippen molar-refractivity contribution >= 4 is 27.5 Å². The van der Waals surface area contributed by atoms with E-state index in [1.807, 2.05) is 36.5 Å². The van der Waals surface area contributed by atoms with Crippen LogP contribution in [0.2, 0.25) is 0 Å². The summed E-state index contributed by atoms with van der Waals surface area (Å²) in [6.07, 6.45) is 3.57. The van der Waals surface area contributed by atoms with Gasteiger partial charge in [0.15, 0.2) is 0 Å². The Morgan fingerprint density at radius 3 is 2.94 bits per heavy atom. The molecule has 0 aliphatic heterocycles. The molecule has 0 aliphatic rings. The van der Waals surface area contributed by atoms with Gasteiger partial charge in [0.2, 0.25) is 5.91 Å². The van der Waals surface area contributed by atoms with Crippen LogP contribution < -0.4 is 5.32 Å². The first-order valence-electron chi connectivity index (χ1n) is 5.22. The highest BCUT2D eigenvalue weighted by atomic mass is 79.9. The average Bonchev–Trinajstić information content (AvgIpc) is 2.82. The van der Waals surface area contributed by atoms with Crippen LogP contribution in [0.1, 0.15) is 6.92 Å². The highest BCUT2D eigenvalue weighted by molar-refractivity contribution is 9.10. The number of carbonyl (C=O) groups excluding carboxylic acids is 1. The summed E-state index contributed by atoms with van der Waals surface area (Å²) in [6, 6.07) is 9.39. The number of anilines is 1. The molecular formula is C12H12BrN3O. The molecule has 0 bridgehead atoms. The molecule has 1 unspecified atom stereocenters. The summed E-state index contributed by atoms with van der Waals surface area (Å²) in [5.41, 5.74) is 1.67. The van der Waals surface area contributed by atoms with Crippen LogP contribution in [0.4, 0.5) is 5.69 Å². The van der Waals surface area contributed by atoms with Crippen LogP contribution in [-0.4, -0.2) is 20.5 Å². The molecule has 1 heterocycles. The highest BCUT2D eigenvalue weighted by Crippen LogP contribution is 2.14. The molecule has 4 nitrogen and oxygen atoms in total. The Morgan fingerprint density at radius 2 is 2.29 bits per heavy atom. The van der Waals surface area contributed by atoms with E-state index in [-0.39, 0.29) is 10.7 Å². The zero-order valence-electron chi connectivity index (χ0n) is 9.30. The molecule has 88 valence electrons. The van der Waals surface area contributed by atoms with Gasteiger partial charge in [0, 0.05) is 18.1 Å². The molecule has 0 saturated carbocycles. The Hall–Kier alpha value is -1.62. The summed E-state index contributed by atoms with van der Waals surface area (Å²) in [6.45, 7) is 1.78. The number of nitrogens with zero attached hydrogens (tertiary/aromatic N) is 2. The van der Waals surface area contributed by atoms with Gasteiger partial charge < -0.3 is 5.32 Å². The van der Waals surface area contributed by atoms with Gasteiger partial charge in [0.25, 0.3) is 0 Å². The van der Waals surface area contributed by atoms with Crippen LogP contribution in [0.3, 0.4) is 0 Å². The van der Waals surface area contributed by atoms with E-state index < -0.39 is 0 Å². The van der Waals surface area contributed by atoms with E-state index in [1.54, 1.807) is 17.8 Å². The first-order valence-corrected chi connectivity index (χ1v) is 6.13. The van der Waals surface area contributed by atoms with E-state index in [9.17, 15) is 4.79 Å². The van der Waals surface area contributed by atoms with E-state index in [2.05, 4.69) is 26.3 Å². The fourth-order valence-electron chi connectivity index (χ4n) is 1.39. The predicted molar refractivity (Wildman–Crippen MR) is 70.6 cm³/mol. The Morgan fingerprint density at radius 1 is 1.47 bits per heavy atom. The van der Waals surface area contributed by atoms with E-state index in [4.69, 9.17) is 0 Å². The number of rotatable bonds is 3. The largest absolute Gasteiger partial charge is 0.325 e. The molecule has 17 heavy (non-hydrogen) atoms. The van der Waals surface area contributed by atoms with Crippen molar-refractivity contribution in [3.8, 4) is 5.69 Å². The van der Waals surface area contributed by atoms with Crippen molar-refractivity contribution in [2.24, 2.45) is 0 Å². The molecule has 2 aromatic rings. The summed E-state index contributed by atoms with van der Waals surface area (Å²) in [4.78, 5) is 11.3.